The van der Waals surface area contributed by atoms with E-state index in [1.165, 1.54) is 36.5 Å². The largest absolute Gasteiger partial charge is 0.453 e. The van der Waals surface area contributed by atoms with Crippen molar-refractivity contribution in [1.82, 2.24) is 4.98 Å². The summed E-state index contributed by atoms with van der Waals surface area (Å²) in [6.45, 7) is 0. The molecule has 0 saturated heterocycles. The van der Waals surface area contributed by atoms with Crippen LogP contribution in [0.5, 0.6) is 11.5 Å². The number of hydrogen-bond donors (Lipinski definition) is 2. The molecule has 3 N–H and O–H groups in total. The molecule has 0 unspecified atom stereocenters. The number of ether oxygens (including phenoxy) is 1. The third kappa shape index (κ3) is 6.50. The highest BCUT2D eigenvalue weighted by molar-refractivity contribution is 7.88. The summed E-state index contributed by atoms with van der Waals surface area (Å²) in [6, 6.07) is 14.0. The SMILES string of the molecule is NS(=O)(=O)Cc1cccc(NC(=O)/C=C/c2ccc(Oc3cccnc3)c(F)c2)c1. The van der Waals surface area contributed by atoms with Crippen LogP contribution in [0.2, 0.25) is 0 Å². The van der Waals surface area contributed by atoms with Crippen molar-refractivity contribution in [1.29, 1.82) is 0 Å². The Kier molecular flexibility index (Phi) is 6.55. The van der Waals surface area contributed by atoms with Gasteiger partial charge < -0.3 is 10.1 Å². The molecule has 0 radical (unpaired) electrons. The van der Waals surface area contributed by atoms with Crippen LogP contribution in [-0.4, -0.2) is 19.3 Å². The third-order valence-corrected chi connectivity index (χ3v) is 4.54. The number of sulfonamides is 1. The average Bonchev–Trinajstić information content (AvgIpc) is 2.68. The maximum Gasteiger partial charge on any atom is 0.248 e. The van der Waals surface area contributed by atoms with Gasteiger partial charge in [-0.15, -0.1) is 0 Å². The maximum atomic E-state index is 14.2. The molecular formula is C21H18FN3O4S. The van der Waals surface area contributed by atoms with Crippen LogP contribution >= 0.6 is 0 Å². The molecule has 1 aromatic heterocycles. The molecule has 30 heavy (non-hydrogen) atoms. The molecule has 3 aromatic rings. The van der Waals surface area contributed by atoms with Gasteiger partial charge in [-0.05, 0) is 53.6 Å². The Balaban J connectivity index is 1.63. The van der Waals surface area contributed by atoms with Gasteiger partial charge in [-0.1, -0.05) is 18.2 Å². The topological polar surface area (TPSA) is 111 Å². The van der Waals surface area contributed by atoms with Crippen LogP contribution in [0, 0.1) is 5.82 Å². The first-order valence-corrected chi connectivity index (χ1v) is 10.5. The van der Waals surface area contributed by atoms with Crippen molar-refractivity contribution in [2.75, 3.05) is 5.32 Å². The van der Waals surface area contributed by atoms with Crippen molar-refractivity contribution in [2.45, 2.75) is 5.75 Å². The van der Waals surface area contributed by atoms with Crippen LogP contribution < -0.4 is 15.2 Å². The predicted molar refractivity (Wildman–Crippen MR) is 112 cm³/mol. The fraction of sp³-hybridized carbons (Fsp3) is 0.0476. The van der Waals surface area contributed by atoms with Gasteiger partial charge in [-0.2, -0.15) is 0 Å². The second-order valence-electron chi connectivity index (χ2n) is 6.31. The zero-order valence-electron chi connectivity index (χ0n) is 15.7. The van der Waals surface area contributed by atoms with Gasteiger partial charge in [0, 0.05) is 18.0 Å². The Morgan fingerprint density at radius 2 is 2.00 bits per heavy atom. The van der Waals surface area contributed by atoms with Crippen LogP contribution in [0.25, 0.3) is 6.08 Å². The zero-order valence-corrected chi connectivity index (χ0v) is 16.5. The molecule has 0 fully saturated rings. The molecule has 0 aliphatic carbocycles. The van der Waals surface area contributed by atoms with Gasteiger partial charge in [0.25, 0.3) is 0 Å². The standard InChI is InChI=1S/C21H18FN3O4S/c22-19-12-15(6-8-20(19)29-18-5-2-10-24-13-18)7-9-21(26)25-17-4-1-3-16(11-17)14-30(23,27)28/h1-13H,14H2,(H,25,26)(H2,23,27,28)/b9-7+. The fourth-order valence-electron chi connectivity index (χ4n) is 2.56. The minimum absolute atomic E-state index is 0.0382. The van der Waals surface area contributed by atoms with Gasteiger partial charge in [-0.3, -0.25) is 9.78 Å². The summed E-state index contributed by atoms with van der Waals surface area (Å²) in [5.74, 6) is -0.935. The van der Waals surface area contributed by atoms with Crippen molar-refractivity contribution in [3.8, 4) is 11.5 Å². The molecule has 2 aromatic carbocycles. The molecule has 1 amide bonds. The second-order valence-corrected chi connectivity index (χ2v) is 7.93. The first-order valence-electron chi connectivity index (χ1n) is 8.74. The maximum absolute atomic E-state index is 14.2. The minimum Gasteiger partial charge on any atom is -0.453 e. The molecule has 0 saturated carbocycles. The van der Waals surface area contributed by atoms with Crippen molar-refractivity contribution in [2.24, 2.45) is 5.14 Å². The van der Waals surface area contributed by atoms with Crippen LogP contribution in [0.3, 0.4) is 0 Å². The predicted octanol–water partition coefficient (Wildman–Crippen LogP) is 3.45. The first kappa shape index (κ1) is 21.2. The number of nitrogens with zero attached hydrogens (tertiary/aromatic N) is 1. The van der Waals surface area contributed by atoms with E-state index in [9.17, 15) is 17.6 Å². The van der Waals surface area contributed by atoms with E-state index in [-0.39, 0.29) is 11.5 Å². The number of hydrogen-bond acceptors (Lipinski definition) is 5. The van der Waals surface area contributed by atoms with Crippen LogP contribution in [-0.2, 0) is 20.6 Å². The molecule has 0 aliphatic heterocycles. The Bertz CT molecular complexity index is 1180. The Morgan fingerprint density at radius 3 is 2.70 bits per heavy atom. The van der Waals surface area contributed by atoms with E-state index >= 15 is 0 Å². The molecule has 7 nitrogen and oxygen atoms in total. The summed E-state index contributed by atoms with van der Waals surface area (Å²) in [4.78, 5) is 16.0. The number of anilines is 1. The summed E-state index contributed by atoms with van der Waals surface area (Å²) >= 11 is 0. The van der Waals surface area contributed by atoms with Crippen molar-refractivity contribution < 1.29 is 22.3 Å². The van der Waals surface area contributed by atoms with Gasteiger partial charge in [0.05, 0.1) is 11.9 Å². The van der Waals surface area contributed by atoms with E-state index in [1.807, 2.05) is 0 Å². The lowest BCUT2D eigenvalue weighted by Crippen LogP contribution is -2.15. The molecule has 0 spiro atoms. The number of amides is 1. The van der Waals surface area contributed by atoms with E-state index in [0.29, 0.717) is 22.6 Å². The minimum atomic E-state index is -3.67. The Hall–Kier alpha value is -3.56. The molecule has 0 atom stereocenters. The quantitative estimate of drug-likeness (QED) is 0.561. The normalized spacial score (nSPS) is 11.4. The van der Waals surface area contributed by atoms with Crippen LogP contribution in [0.1, 0.15) is 11.1 Å². The summed E-state index contributed by atoms with van der Waals surface area (Å²) in [6.07, 6.45) is 5.73. The van der Waals surface area contributed by atoms with E-state index in [2.05, 4.69) is 10.3 Å². The Morgan fingerprint density at radius 1 is 1.17 bits per heavy atom. The monoisotopic (exact) mass is 427 g/mol. The number of pyridine rings is 1. The molecule has 1 heterocycles. The third-order valence-electron chi connectivity index (χ3n) is 3.81. The summed E-state index contributed by atoms with van der Waals surface area (Å²) in [7, 11) is -3.67. The van der Waals surface area contributed by atoms with Gasteiger partial charge in [0.1, 0.15) is 5.75 Å². The molecule has 0 aliphatic rings. The lowest BCUT2D eigenvalue weighted by atomic mass is 10.2. The average molecular weight is 427 g/mol. The zero-order chi connectivity index (χ0) is 21.6. The highest BCUT2D eigenvalue weighted by atomic mass is 32.2. The lowest BCUT2D eigenvalue weighted by molar-refractivity contribution is -0.111. The molecule has 9 heteroatoms. The van der Waals surface area contributed by atoms with Gasteiger partial charge in [0.15, 0.2) is 11.6 Å². The smallest absolute Gasteiger partial charge is 0.248 e. The van der Waals surface area contributed by atoms with Gasteiger partial charge >= 0.3 is 0 Å². The number of carbonyl (C=O) groups excluding carboxylic acids is 1. The number of rotatable bonds is 7. The fourth-order valence-corrected chi connectivity index (χ4v) is 3.21. The van der Waals surface area contributed by atoms with E-state index in [1.54, 1.807) is 42.6 Å². The molecule has 154 valence electrons. The van der Waals surface area contributed by atoms with Crippen LogP contribution in [0.4, 0.5) is 10.1 Å². The van der Waals surface area contributed by atoms with Crippen molar-refractivity contribution >= 4 is 27.7 Å². The van der Waals surface area contributed by atoms with E-state index in [0.717, 1.165) is 0 Å². The van der Waals surface area contributed by atoms with Crippen molar-refractivity contribution in [3.05, 3.63) is 90.0 Å². The van der Waals surface area contributed by atoms with Gasteiger partial charge in [-0.25, -0.2) is 17.9 Å². The summed E-state index contributed by atoms with van der Waals surface area (Å²) < 4.78 is 42.0. The number of halogens is 1. The molecular weight excluding hydrogens is 409 g/mol. The van der Waals surface area contributed by atoms with Crippen LogP contribution in [0.15, 0.2) is 73.1 Å². The molecule has 0 bridgehead atoms. The second kappa shape index (κ2) is 9.29. The number of nitrogens with one attached hydrogen (secondary N) is 1. The first-order chi connectivity index (χ1) is 14.3. The summed E-state index contributed by atoms with van der Waals surface area (Å²) in [5.41, 5.74) is 1.33. The lowest BCUT2D eigenvalue weighted by Gasteiger charge is -2.07. The Labute approximate surface area is 173 Å². The highest BCUT2D eigenvalue weighted by Gasteiger charge is 2.07. The highest BCUT2D eigenvalue weighted by Crippen LogP contribution is 2.24. The number of nitrogens with two attached hydrogens (primary N) is 1. The number of primary sulfonamides is 1. The van der Waals surface area contributed by atoms with Crippen molar-refractivity contribution in [3.63, 3.8) is 0 Å². The van der Waals surface area contributed by atoms with Gasteiger partial charge in [0.2, 0.25) is 15.9 Å². The number of aromatic nitrogens is 1. The number of benzene rings is 2. The summed E-state index contributed by atoms with van der Waals surface area (Å²) in [5, 5.41) is 7.64. The molecule has 3 rings (SSSR count). The number of carbonyl (C=O) groups is 1. The van der Waals surface area contributed by atoms with E-state index in [4.69, 9.17) is 9.88 Å². The van der Waals surface area contributed by atoms with E-state index < -0.39 is 21.7 Å².